The molecule has 124 valence electrons. The van der Waals surface area contributed by atoms with Crippen LogP contribution >= 0.6 is 0 Å². The van der Waals surface area contributed by atoms with Crippen LogP contribution in [0.3, 0.4) is 0 Å². The van der Waals surface area contributed by atoms with Gasteiger partial charge in [0.15, 0.2) is 17.2 Å². The van der Waals surface area contributed by atoms with E-state index in [0.29, 0.717) is 11.5 Å². The van der Waals surface area contributed by atoms with Gasteiger partial charge in [0.1, 0.15) is 11.9 Å². The van der Waals surface area contributed by atoms with E-state index in [4.69, 9.17) is 14.2 Å². The Balaban J connectivity index is 1.99. The summed E-state index contributed by atoms with van der Waals surface area (Å²) in [5.41, 5.74) is 3.12. The topological polar surface area (TPSA) is 47.4 Å². The van der Waals surface area contributed by atoms with E-state index < -0.39 is 0 Å². The van der Waals surface area contributed by atoms with Crippen LogP contribution in [0.2, 0.25) is 0 Å². The predicted octanol–water partition coefficient (Wildman–Crippen LogP) is 3.20. The molecule has 3 aromatic rings. The van der Waals surface area contributed by atoms with Crippen LogP contribution in [0.1, 0.15) is 0 Å². The molecule has 0 aliphatic carbocycles. The fourth-order valence-electron chi connectivity index (χ4n) is 2.68. The molecule has 0 saturated heterocycles. The van der Waals surface area contributed by atoms with Crippen molar-refractivity contribution < 1.29 is 18.8 Å². The molecule has 0 atom stereocenters. The van der Waals surface area contributed by atoms with Gasteiger partial charge in [-0.3, -0.25) is 0 Å². The number of aryl methyl sites for hydroxylation is 1. The molecule has 0 radical (unpaired) electrons. The van der Waals surface area contributed by atoms with Crippen LogP contribution in [-0.2, 0) is 7.05 Å². The molecule has 0 aliphatic rings. The average molecular weight is 325 g/mol. The van der Waals surface area contributed by atoms with E-state index in [-0.39, 0.29) is 0 Å². The number of rotatable bonds is 5. The van der Waals surface area contributed by atoms with Gasteiger partial charge in [0.05, 0.1) is 33.9 Å². The molecule has 1 N–H and O–H groups in total. The quantitative estimate of drug-likeness (QED) is 0.733. The maximum atomic E-state index is 5.39. The molecule has 1 heterocycles. The van der Waals surface area contributed by atoms with Crippen LogP contribution in [0.4, 0.5) is 0 Å². The molecule has 5 nitrogen and oxygen atoms in total. The largest absolute Gasteiger partial charge is 0.497 e. The fourth-order valence-corrected chi connectivity index (χ4v) is 2.68. The van der Waals surface area contributed by atoms with Gasteiger partial charge in [0, 0.05) is 5.56 Å². The standard InChI is InChI=1S/C19H20N2O3/c1-21-12-16(14-7-10-17(23-3)18(11-14)24-4)20-19(21)13-5-8-15(22-2)9-6-13/h5-12H,1-4H3/p+1. The van der Waals surface area contributed by atoms with Gasteiger partial charge in [-0.05, 0) is 42.5 Å². The van der Waals surface area contributed by atoms with Crippen LogP contribution in [0.5, 0.6) is 17.2 Å². The van der Waals surface area contributed by atoms with E-state index in [2.05, 4.69) is 15.7 Å². The van der Waals surface area contributed by atoms with Gasteiger partial charge in [-0.2, -0.15) is 0 Å². The van der Waals surface area contributed by atoms with Crippen molar-refractivity contribution in [2.75, 3.05) is 21.3 Å². The second kappa shape index (κ2) is 6.66. The molecule has 0 spiro atoms. The lowest BCUT2D eigenvalue weighted by Crippen LogP contribution is -2.27. The van der Waals surface area contributed by atoms with Gasteiger partial charge in [0.2, 0.25) is 0 Å². The number of imidazole rings is 1. The Labute approximate surface area is 141 Å². The summed E-state index contributed by atoms with van der Waals surface area (Å²) in [4.78, 5) is 3.47. The molecular weight excluding hydrogens is 304 g/mol. The van der Waals surface area contributed by atoms with Gasteiger partial charge < -0.3 is 14.2 Å². The van der Waals surface area contributed by atoms with Crippen LogP contribution < -0.4 is 18.8 Å². The minimum atomic E-state index is 0.707. The average Bonchev–Trinajstić information content (AvgIpc) is 3.03. The summed E-state index contributed by atoms with van der Waals surface area (Å²) in [5.74, 6) is 3.28. The first-order valence-electron chi connectivity index (χ1n) is 7.61. The number of ether oxygens (including phenoxy) is 3. The van der Waals surface area contributed by atoms with E-state index in [0.717, 1.165) is 28.4 Å². The Hall–Kier alpha value is -2.95. The molecule has 24 heavy (non-hydrogen) atoms. The smallest absolute Gasteiger partial charge is 0.286 e. The lowest BCUT2D eigenvalue weighted by atomic mass is 10.1. The highest BCUT2D eigenvalue weighted by atomic mass is 16.5. The lowest BCUT2D eigenvalue weighted by molar-refractivity contribution is -0.658. The summed E-state index contributed by atoms with van der Waals surface area (Å²) in [5, 5.41) is 0. The number of benzene rings is 2. The van der Waals surface area contributed by atoms with Crippen molar-refractivity contribution in [2.24, 2.45) is 7.05 Å². The maximum Gasteiger partial charge on any atom is 0.286 e. The highest BCUT2D eigenvalue weighted by molar-refractivity contribution is 5.65. The number of nitrogens with one attached hydrogen (secondary N) is 1. The molecule has 0 amide bonds. The van der Waals surface area contributed by atoms with E-state index in [1.54, 1.807) is 21.3 Å². The first kappa shape index (κ1) is 15.9. The van der Waals surface area contributed by atoms with E-state index in [1.165, 1.54) is 0 Å². The molecule has 3 rings (SSSR count). The molecule has 1 aromatic heterocycles. The van der Waals surface area contributed by atoms with Crippen molar-refractivity contribution in [3.8, 4) is 39.9 Å². The molecule has 0 fully saturated rings. The van der Waals surface area contributed by atoms with Crippen molar-refractivity contribution in [1.82, 2.24) is 4.98 Å². The SMILES string of the molecule is COc1ccc(-c2[nH]c(-c3ccc(OC)c(OC)c3)c[n+]2C)cc1. The molecule has 0 bridgehead atoms. The Bertz CT molecular complexity index is 838. The number of aromatic amines is 1. The van der Waals surface area contributed by atoms with Crippen molar-refractivity contribution in [1.29, 1.82) is 0 Å². The zero-order valence-corrected chi connectivity index (χ0v) is 14.3. The van der Waals surface area contributed by atoms with E-state index in [9.17, 15) is 0 Å². The van der Waals surface area contributed by atoms with E-state index >= 15 is 0 Å². The minimum absolute atomic E-state index is 0.707. The number of methoxy groups -OCH3 is 3. The Morgan fingerprint density at radius 2 is 1.46 bits per heavy atom. The van der Waals surface area contributed by atoms with Crippen LogP contribution in [0.15, 0.2) is 48.7 Å². The summed E-state index contributed by atoms with van der Waals surface area (Å²) >= 11 is 0. The summed E-state index contributed by atoms with van der Waals surface area (Å²) in [6.07, 6.45) is 2.06. The summed E-state index contributed by atoms with van der Waals surface area (Å²) in [7, 11) is 6.95. The monoisotopic (exact) mass is 325 g/mol. The van der Waals surface area contributed by atoms with Gasteiger partial charge in [0.25, 0.3) is 5.82 Å². The summed E-state index contributed by atoms with van der Waals surface area (Å²) in [6, 6.07) is 13.8. The summed E-state index contributed by atoms with van der Waals surface area (Å²) < 4.78 is 18.0. The number of hydrogen-bond acceptors (Lipinski definition) is 3. The third-order valence-electron chi connectivity index (χ3n) is 3.99. The van der Waals surface area contributed by atoms with Crippen LogP contribution in [0, 0.1) is 0 Å². The summed E-state index contributed by atoms with van der Waals surface area (Å²) in [6.45, 7) is 0. The zero-order chi connectivity index (χ0) is 17.1. The number of hydrogen-bond donors (Lipinski definition) is 1. The Morgan fingerprint density at radius 1 is 0.792 bits per heavy atom. The zero-order valence-electron chi connectivity index (χ0n) is 14.3. The lowest BCUT2D eigenvalue weighted by Gasteiger charge is -2.07. The molecular formula is C19H21N2O3+. The second-order valence-electron chi connectivity index (χ2n) is 5.43. The van der Waals surface area contributed by atoms with Crippen LogP contribution in [0.25, 0.3) is 22.6 Å². The predicted molar refractivity (Wildman–Crippen MR) is 92.5 cm³/mol. The second-order valence-corrected chi connectivity index (χ2v) is 5.43. The van der Waals surface area contributed by atoms with E-state index in [1.807, 2.05) is 49.5 Å². The Morgan fingerprint density at radius 3 is 2.08 bits per heavy atom. The third-order valence-corrected chi connectivity index (χ3v) is 3.99. The highest BCUT2D eigenvalue weighted by Gasteiger charge is 2.17. The third kappa shape index (κ3) is 2.93. The van der Waals surface area contributed by atoms with Crippen molar-refractivity contribution >= 4 is 0 Å². The van der Waals surface area contributed by atoms with Gasteiger partial charge in [-0.1, -0.05) is 0 Å². The van der Waals surface area contributed by atoms with Gasteiger partial charge >= 0.3 is 0 Å². The minimum Gasteiger partial charge on any atom is -0.497 e. The highest BCUT2D eigenvalue weighted by Crippen LogP contribution is 2.32. The first-order chi connectivity index (χ1) is 11.7. The van der Waals surface area contributed by atoms with Crippen molar-refractivity contribution in [2.45, 2.75) is 0 Å². The molecule has 0 unspecified atom stereocenters. The number of H-pyrrole nitrogens is 1. The Kier molecular flexibility index (Phi) is 4.42. The molecule has 2 aromatic carbocycles. The van der Waals surface area contributed by atoms with Gasteiger partial charge in [-0.15, -0.1) is 0 Å². The number of aromatic nitrogens is 2. The molecule has 5 heteroatoms. The normalized spacial score (nSPS) is 10.5. The van der Waals surface area contributed by atoms with Crippen molar-refractivity contribution in [3.05, 3.63) is 48.7 Å². The first-order valence-corrected chi connectivity index (χ1v) is 7.61. The maximum absolute atomic E-state index is 5.39. The molecule has 0 aliphatic heterocycles. The van der Waals surface area contributed by atoms with Gasteiger partial charge in [-0.25, -0.2) is 9.55 Å². The van der Waals surface area contributed by atoms with Crippen LogP contribution in [-0.4, -0.2) is 26.3 Å². The fraction of sp³-hybridized carbons (Fsp3) is 0.211. The molecule has 0 saturated carbocycles. The van der Waals surface area contributed by atoms with Crippen molar-refractivity contribution in [3.63, 3.8) is 0 Å². The number of nitrogens with zero attached hydrogens (tertiary/aromatic N) is 1.